The van der Waals surface area contributed by atoms with Gasteiger partial charge in [0.25, 0.3) is 5.56 Å². The van der Waals surface area contributed by atoms with Crippen molar-refractivity contribution in [1.29, 1.82) is 0 Å². The molecule has 0 spiro atoms. The van der Waals surface area contributed by atoms with Crippen LogP contribution in [-0.4, -0.2) is 48.1 Å². The number of piperidine rings is 1. The van der Waals surface area contributed by atoms with Gasteiger partial charge in [0, 0.05) is 36.0 Å². The summed E-state index contributed by atoms with van der Waals surface area (Å²) in [6.07, 6.45) is 5.49. The number of likely N-dealkylation sites (tertiary alicyclic amines) is 1. The largest absolute Gasteiger partial charge is 0.328 e. The standard InChI is InChI=1S/C33H29N7O/c41-33-27-20-26(23-6-2-1-3-7-23)30(36-28(27)13-17-35-33)24-11-9-22(10-12-24)21-40-18-14-25(15-19-40)31-37-32(39-38-31)29-8-4-5-16-34-29/h1-13,16-17,20,25H,14-15,18-19,21H2,(H,35,41)(H,37,38,39). The summed E-state index contributed by atoms with van der Waals surface area (Å²) in [7, 11) is 0. The Labute approximate surface area is 237 Å². The van der Waals surface area contributed by atoms with Crippen molar-refractivity contribution in [2.75, 3.05) is 13.1 Å². The van der Waals surface area contributed by atoms with Gasteiger partial charge in [0.2, 0.25) is 0 Å². The second-order valence-electron chi connectivity index (χ2n) is 10.5. The summed E-state index contributed by atoms with van der Waals surface area (Å²) >= 11 is 0. The minimum absolute atomic E-state index is 0.130. The Balaban J connectivity index is 1.06. The maximum absolute atomic E-state index is 12.5. The predicted molar refractivity (Wildman–Crippen MR) is 160 cm³/mol. The second kappa shape index (κ2) is 10.9. The van der Waals surface area contributed by atoms with Gasteiger partial charge >= 0.3 is 0 Å². The van der Waals surface area contributed by atoms with Crippen molar-refractivity contribution in [1.82, 2.24) is 35.0 Å². The van der Waals surface area contributed by atoms with E-state index < -0.39 is 0 Å². The normalized spacial score (nSPS) is 14.4. The fraction of sp³-hybridized carbons (Fsp3) is 0.182. The van der Waals surface area contributed by atoms with Crippen LogP contribution >= 0.6 is 0 Å². The molecule has 1 fully saturated rings. The number of hydrogen-bond donors (Lipinski definition) is 2. The molecular formula is C33H29N7O. The molecule has 2 N–H and O–H groups in total. The van der Waals surface area contributed by atoms with Gasteiger partial charge in [-0.25, -0.2) is 9.97 Å². The lowest BCUT2D eigenvalue weighted by Gasteiger charge is -2.31. The van der Waals surface area contributed by atoms with Crippen molar-refractivity contribution in [3.8, 4) is 33.9 Å². The number of nitrogens with one attached hydrogen (secondary N) is 2. The van der Waals surface area contributed by atoms with E-state index in [1.165, 1.54) is 5.56 Å². The number of rotatable bonds is 6. The molecule has 0 radical (unpaired) electrons. The molecule has 8 heteroatoms. The first-order valence-corrected chi connectivity index (χ1v) is 13.9. The Morgan fingerprint density at radius 3 is 2.44 bits per heavy atom. The number of nitrogens with zero attached hydrogens (tertiary/aromatic N) is 5. The Bertz CT molecular complexity index is 1840. The van der Waals surface area contributed by atoms with Crippen LogP contribution in [0.25, 0.3) is 44.8 Å². The zero-order valence-corrected chi connectivity index (χ0v) is 22.5. The Kier molecular flexibility index (Phi) is 6.66. The van der Waals surface area contributed by atoms with Crippen LogP contribution in [0.5, 0.6) is 0 Å². The molecule has 0 amide bonds. The molecule has 7 rings (SSSR count). The molecule has 4 aromatic heterocycles. The van der Waals surface area contributed by atoms with Gasteiger partial charge in [0.15, 0.2) is 5.82 Å². The maximum Gasteiger partial charge on any atom is 0.257 e. The topological polar surface area (TPSA) is 103 Å². The lowest BCUT2D eigenvalue weighted by atomic mass is 9.95. The number of pyridine rings is 3. The van der Waals surface area contributed by atoms with E-state index in [2.05, 4.69) is 61.5 Å². The molecule has 1 aliphatic rings. The van der Waals surface area contributed by atoms with E-state index in [0.717, 1.165) is 66.4 Å². The number of H-pyrrole nitrogens is 2. The number of fused-ring (bicyclic) bond motifs is 1. The Morgan fingerprint density at radius 2 is 1.66 bits per heavy atom. The molecule has 5 heterocycles. The highest BCUT2D eigenvalue weighted by Crippen LogP contribution is 2.33. The molecule has 0 aliphatic carbocycles. The zero-order valence-electron chi connectivity index (χ0n) is 22.5. The average Bonchev–Trinajstić information content (AvgIpc) is 3.53. The van der Waals surface area contributed by atoms with Gasteiger partial charge in [-0.3, -0.25) is 19.8 Å². The average molecular weight is 540 g/mol. The number of aromatic nitrogens is 6. The molecule has 1 saturated heterocycles. The van der Waals surface area contributed by atoms with E-state index in [0.29, 0.717) is 22.6 Å². The summed E-state index contributed by atoms with van der Waals surface area (Å²) in [5.74, 6) is 1.99. The summed E-state index contributed by atoms with van der Waals surface area (Å²) in [6, 6.07) is 28.4. The van der Waals surface area contributed by atoms with Crippen LogP contribution in [0.1, 0.15) is 30.1 Å². The van der Waals surface area contributed by atoms with Crippen LogP contribution < -0.4 is 5.56 Å². The van der Waals surface area contributed by atoms with Crippen molar-refractivity contribution < 1.29 is 0 Å². The molecule has 8 nitrogen and oxygen atoms in total. The summed E-state index contributed by atoms with van der Waals surface area (Å²) in [5, 5.41) is 8.13. The van der Waals surface area contributed by atoms with E-state index in [1.807, 2.05) is 48.5 Å². The zero-order chi connectivity index (χ0) is 27.6. The Hall–Kier alpha value is -4.95. The van der Waals surface area contributed by atoms with Crippen LogP contribution in [-0.2, 0) is 6.54 Å². The molecule has 1 aliphatic heterocycles. The van der Waals surface area contributed by atoms with Crippen molar-refractivity contribution >= 4 is 10.9 Å². The minimum atomic E-state index is -0.130. The smallest absolute Gasteiger partial charge is 0.257 e. The van der Waals surface area contributed by atoms with Crippen molar-refractivity contribution in [3.63, 3.8) is 0 Å². The SMILES string of the molecule is O=c1[nH]ccc2nc(-c3ccc(CN4CCC(c5nc(-c6ccccn6)n[nH]5)CC4)cc3)c(-c3ccccc3)cc12. The Morgan fingerprint density at radius 1 is 0.854 bits per heavy atom. The van der Waals surface area contributed by atoms with Crippen LogP contribution in [0, 0.1) is 0 Å². The van der Waals surface area contributed by atoms with Gasteiger partial charge in [0.05, 0.1) is 16.6 Å². The van der Waals surface area contributed by atoms with Crippen LogP contribution in [0.15, 0.2) is 102 Å². The highest BCUT2D eigenvalue weighted by atomic mass is 16.1. The third-order valence-electron chi connectivity index (χ3n) is 7.84. The van der Waals surface area contributed by atoms with Crippen molar-refractivity contribution in [2.45, 2.75) is 25.3 Å². The third kappa shape index (κ3) is 5.17. The van der Waals surface area contributed by atoms with E-state index in [4.69, 9.17) is 9.97 Å². The molecular weight excluding hydrogens is 510 g/mol. The first kappa shape index (κ1) is 25.0. The lowest BCUT2D eigenvalue weighted by Crippen LogP contribution is -2.32. The summed E-state index contributed by atoms with van der Waals surface area (Å²) in [6.45, 7) is 2.91. The van der Waals surface area contributed by atoms with Crippen molar-refractivity contribution in [2.24, 2.45) is 0 Å². The number of benzene rings is 2. The highest BCUT2D eigenvalue weighted by Gasteiger charge is 2.24. The lowest BCUT2D eigenvalue weighted by molar-refractivity contribution is 0.202. The van der Waals surface area contributed by atoms with Gasteiger partial charge in [-0.05, 0) is 61.3 Å². The van der Waals surface area contributed by atoms with Gasteiger partial charge in [-0.1, -0.05) is 60.7 Å². The fourth-order valence-electron chi connectivity index (χ4n) is 5.63. The molecule has 41 heavy (non-hydrogen) atoms. The summed E-state index contributed by atoms with van der Waals surface area (Å²) in [5.41, 5.74) is 6.50. The van der Waals surface area contributed by atoms with Gasteiger partial charge in [-0.2, -0.15) is 5.10 Å². The first-order chi connectivity index (χ1) is 20.2. The van der Waals surface area contributed by atoms with Gasteiger partial charge in [-0.15, -0.1) is 0 Å². The highest BCUT2D eigenvalue weighted by molar-refractivity contribution is 5.91. The molecule has 0 saturated carbocycles. The fourth-order valence-corrected chi connectivity index (χ4v) is 5.63. The first-order valence-electron chi connectivity index (χ1n) is 13.9. The van der Waals surface area contributed by atoms with Crippen LogP contribution in [0.4, 0.5) is 0 Å². The molecule has 2 aromatic carbocycles. The van der Waals surface area contributed by atoms with Gasteiger partial charge < -0.3 is 4.98 Å². The van der Waals surface area contributed by atoms with Crippen LogP contribution in [0.2, 0.25) is 0 Å². The van der Waals surface area contributed by atoms with E-state index in [-0.39, 0.29) is 5.56 Å². The van der Waals surface area contributed by atoms with E-state index in [9.17, 15) is 4.79 Å². The van der Waals surface area contributed by atoms with E-state index >= 15 is 0 Å². The monoisotopic (exact) mass is 539 g/mol. The van der Waals surface area contributed by atoms with Crippen molar-refractivity contribution in [3.05, 3.63) is 119 Å². The summed E-state index contributed by atoms with van der Waals surface area (Å²) < 4.78 is 0. The molecule has 6 aromatic rings. The maximum atomic E-state index is 12.5. The second-order valence-corrected chi connectivity index (χ2v) is 10.5. The van der Waals surface area contributed by atoms with Gasteiger partial charge in [0.1, 0.15) is 11.5 Å². The molecule has 202 valence electrons. The predicted octanol–water partition coefficient (Wildman–Crippen LogP) is 5.82. The quantitative estimate of drug-likeness (QED) is 0.277. The van der Waals surface area contributed by atoms with Crippen LogP contribution in [0.3, 0.4) is 0 Å². The number of hydrogen-bond acceptors (Lipinski definition) is 6. The number of aromatic amines is 2. The van der Waals surface area contributed by atoms with E-state index in [1.54, 1.807) is 12.4 Å². The molecule has 0 unspecified atom stereocenters. The third-order valence-corrected chi connectivity index (χ3v) is 7.84. The minimum Gasteiger partial charge on any atom is -0.328 e. The summed E-state index contributed by atoms with van der Waals surface area (Å²) in [4.78, 5) is 31.8. The molecule has 0 bridgehead atoms. The molecule has 0 atom stereocenters.